The molecule has 3 amide bonds. The number of hydrogen-bond donors (Lipinski definition) is 3. The number of benzene rings is 2. The Morgan fingerprint density at radius 1 is 0.912 bits per heavy atom. The first-order valence-electron chi connectivity index (χ1n) is 9.73. The van der Waals surface area contributed by atoms with Crippen LogP contribution >= 0.6 is 58.0 Å². The molecule has 3 atom stereocenters. The van der Waals surface area contributed by atoms with Gasteiger partial charge in [-0.15, -0.1) is 23.2 Å². The number of amides is 3. The summed E-state index contributed by atoms with van der Waals surface area (Å²) in [5.41, 5.74) is 4.64. The fourth-order valence-corrected chi connectivity index (χ4v) is 5.16. The second kappa shape index (κ2) is 8.99. The summed E-state index contributed by atoms with van der Waals surface area (Å²) < 4.78 is 24.5. The average molecular weight is 572 g/mol. The molecule has 6 nitrogen and oxygen atoms in total. The number of hydrazine groups is 1. The smallest absolute Gasteiger partial charge is 0.271 e. The van der Waals surface area contributed by atoms with E-state index in [2.05, 4.69) is 5.32 Å². The number of hydrogen-bond acceptors (Lipinski definition) is 3. The van der Waals surface area contributed by atoms with Gasteiger partial charge in [-0.2, -0.15) is 0 Å². The number of nitrogens with one attached hydrogen (secondary N) is 3. The molecule has 3 unspecified atom stereocenters. The van der Waals surface area contributed by atoms with Crippen molar-refractivity contribution < 1.29 is 23.2 Å². The molecule has 2 aliphatic carbocycles. The van der Waals surface area contributed by atoms with Crippen LogP contribution in [0, 0.1) is 11.8 Å². The summed E-state index contributed by atoms with van der Waals surface area (Å²) in [4.78, 5) is 36.9. The predicted octanol–water partition coefficient (Wildman–Crippen LogP) is 5.59. The summed E-state index contributed by atoms with van der Waals surface area (Å²) in [5, 5.41) is 3.35. The van der Waals surface area contributed by atoms with Crippen LogP contribution in [0.2, 0.25) is 15.1 Å². The highest BCUT2D eigenvalue weighted by molar-refractivity contribution is 6.53. The number of anilines is 1. The topological polar surface area (TPSA) is 87.3 Å². The van der Waals surface area contributed by atoms with Gasteiger partial charge < -0.3 is 5.32 Å². The third-order valence-corrected chi connectivity index (χ3v) is 7.21. The van der Waals surface area contributed by atoms with Crippen molar-refractivity contribution in [2.75, 3.05) is 5.32 Å². The van der Waals surface area contributed by atoms with Gasteiger partial charge in [0.25, 0.3) is 11.8 Å². The SMILES string of the molecule is O=C(NNC(=O)C1CC1(F)F)c1cc(NC(=O)C2C(c3cc(Cl)cc(Cl)c3)C2(Cl)Cl)ccc1Cl. The van der Waals surface area contributed by atoms with Crippen LogP contribution in [-0.4, -0.2) is 28.0 Å². The van der Waals surface area contributed by atoms with Crippen molar-refractivity contribution >= 4 is 81.4 Å². The molecule has 2 aliphatic rings. The molecule has 3 N–H and O–H groups in total. The summed E-state index contributed by atoms with van der Waals surface area (Å²) in [7, 11) is 0. The van der Waals surface area contributed by atoms with Crippen LogP contribution in [0.1, 0.15) is 28.3 Å². The van der Waals surface area contributed by atoms with E-state index in [0.29, 0.717) is 15.6 Å². The van der Waals surface area contributed by atoms with Gasteiger partial charge in [-0.3, -0.25) is 25.2 Å². The molecule has 2 saturated carbocycles. The Balaban J connectivity index is 1.43. The maximum atomic E-state index is 13.0. The minimum atomic E-state index is -3.08. The van der Waals surface area contributed by atoms with Crippen molar-refractivity contribution in [2.45, 2.75) is 22.6 Å². The van der Waals surface area contributed by atoms with Crippen LogP contribution in [0.25, 0.3) is 0 Å². The largest absolute Gasteiger partial charge is 0.326 e. The van der Waals surface area contributed by atoms with Crippen molar-refractivity contribution in [3.8, 4) is 0 Å². The van der Waals surface area contributed by atoms with Crippen molar-refractivity contribution in [2.24, 2.45) is 11.8 Å². The summed E-state index contributed by atoms with van der Waals surface area (Å²) in [6, 6.07) is 8.80. The van der Waals surface area contributed by atoms with Crippen LogP contribution in [0.15, 0.2) is 36.4 Å². The second-order valence-electron chi connectivity index (χ2n) is 7.98. The molecule has 2 aromatic carbocycles. The minimum Gasteiger partial charge on any atom is -0.326 e. The molecule has 2 aromatic rings. The molecule has 0 heterocycles. The van der Waals surface area contributed by atoms with Crippen molar-refractivity contribution in [1.29, 1.82) is 0 Å². The molecule has 34 heavy (non-hydrogen) atoms. The second-order valence-corrected chi connectivity index (χ2v) is 10.7. The molecular weight excluding hydrogens is 558 g/mol. The zero-order chi connectivity index (χ0) is 25.0. The maximum absolute atomic E-state index is 13.0. The van der Waals surface area contributed by atoms with Crippen molar-refractivity contribution in [3.05, 3.63) is 62.6 Å². The van der Waals surface area contributed by atoms with Crippen LogP contribution in [0.4, 0.5) is 14.5 Å². The van der Waals surface area contributed by atoms with Crippen LogP contribution < -0.4 is 16.2 Å². The third-order valence-electron chi connectivity index (χ3n) is 5.50. The fraction of sp³-hybridized carbons (Fsp3) is 0.286. The van der Waals surface area contributed by atoms with E-state index in [1.807, 2.05) is 10.9 Å². The van der Waals surface area contributed by atoms with E-state index in [4.69, 9.17) is 58.0 Å². The Morgan fingerprint density at radius 2 is 1.53 bits per heavy atom. The van der Waals surface area contributed by atoms with Crippen LogP contribution in [0.3, 0.4) is 0 Å². The van der Waals surface area contributed by atoms with Gasteiger partial charge in [0.2, 0.25) is 11.8 Å². The molecule has 0 radical (unpaired) electrons. The van der Waals surface area contributed by atoms with E-state index in [1.165, 1.54) is 24.3 Å². The zero-order valence-electron chi connectivity index (χ0n) is 16.8. The average Bonchev–Trinajstić information content (AvgIpc) is 3.56. The quantitative estimate of drug-likeness (QED) is 0.323. The number of halogens is 7. The first-order valence-corrected chi connectivity index (χ1v) is 11.6. The van der Waals surface area contributed by atoms with E-state index >= 15 is 0 Å². The van der Waals surface area contributed by atoms with E-state index < -0.39 is 52.2 Å². The van der Waals surface area contributed by atoms with Gasteiger partial charge in [0.15, 0.2) is 0 Å². The molecule has 0 aliphatic heterocycles. The molecular formula is C21H14Cl5F2N3O3. The first kappa shape index (κ1) is 25.3. The van der Waals surface area contributed by atoms with Crippen LogP contribution in [0.5, 0.6) is 0 Å². The van der Waals surface area contributed by atoms with Gasteiger partial charge in [-0.05, 0) is 42.0 Å². The Hall–Kier alpha value is -1.84. The van der Waals surface area contributed by atoms with Gasteiger partial charge in [0.1, 0.15) is 10.3 Å². The monoisotopic (exact) mass is 569 g/mol. The van der Waals surface area contributed by atoms with E-state index in [1.54, 1.807) is 12.1 Å². The highest BCUT2D eigenvalue weighted by Gasteiger charge is 2.67. The number of carbonyl (C=O) groups excluding carboxylic acids is 3. The van der Waals surface area contributed by atoms with Crippen molar-refractivity contribution in [1.82, 2.24) is 10.9 Å². The number of carbonyl (C=O) groups is 3. The lowest BCUT2D eigenvalue weighted by atomic mass is 10.1. The molecule has 4 rings (SSSR count). The summed E-state index contributed by atoms with van der Waals surface area (Å²) >= 11 is 30.8. The third kappa shape index (κ3) is 5.06. The lowest BCUT2D eigenvalue weighted by Gasteiger charge is -2.11. The number of alkyl halides is 4. The standard InChI is InChI=1S/C21H14Cl5F2N3O3/c22-9-3-8(4-10(23)5-9)15-16(21(15,25)26)19(34)29-11-1-2-14(24)12(6-11)17(32)30-31-18(33)13-7-20(13,27)28/h1-6,13,15-16H,7H2,(H,29,34)(H,30,32)(H,31,33). The summed E-state index contributed by atoms with van der Waals surface area (Å²) in [5.74, 6) is -8.37. The van der Waals surface area contributed by atoms with Crippen molar-refractivity contribution in [3.63, 3.8) is 0 Å². The maximum Gasteiger partial charge on any atom is 0.271 e. The Kier molecular flexibility index (Phi) is 6.68. The molecule has 13 heteroatoms. The Morgan fingerprint density at radius 3 is 2.12 bits per heavy atom. The van der Waals surface area contributed by atoms with Gasteiger partial charge in [0, 0.05) is 28.1 Å². The van der Waals surface area contributed by atoms with Gasteiger partial charge in [0.05, 0.1) is 16.5 Å². The molecule has 0 saturated heterocycles. The van der Waals surface area contributed by atoms with Gasteiger partial charge >= 0.3 is 0 Å². The van der Waals surface area contributed by atoms with E-state index in [9.17, 15) is 23.2 Å². The normalized spacial score (nSPS) is 23.6. The molecule has 2 fully saturated rings. The Bertz CT molecular complexity index is 1190. The molecule has 0 bridgehead atoms. The van der Waals surface area contributed by atoms with Gasteiger partial charge in [-0.25, -0.2) is 8.78 Å². The highest BCUT2D eigenvalue weighted by Crippen LogP contribution is 2.65. The highest BCUT2D eigenvalue weighted by atomic mass is 35.5. The Labute approximate surface area is 217 Å². The van der Waals surface area contributed by atoms with Gasteiger partial charge in [-0.1, -0.05) is 34.8 Å². The minimum absolute atomic E-state index is 0.00315. The summed E-state index contributed by atoms with van der Waals surface area (Å²) in [6.07, 6.45) is -0.580. The zero-order valence-corrected chi connectivity index (χ0v) is 20.6. The molecule has 180 valence electrons. The molecule has 0 aromatic heterocycles. The first-order chi connectivity index (χ1) is 15.8. The van der Waals surface area contributed by atoms with Crippen LogP contribution in [-0.2, 0) is 9.59 Å². The lowest BCUT2D eigenvalue weighted by molar-refractivity contribution is -0.125. The van der Waals surface area contributed by atoms with E-state index in [0.717, 1.165) is 0 Å². The summed E-state index contributed by atoms with van der Waals surface area (Å²) in [6.45, 7) is 0. The fourth-order valence-electron chi connectivity index (χ4n) is 3.59. The number of rotatable bonds is 5. The lowest BCUT2D eigenvalue weighted by Crippen LogP contribution is -2.43. The van der Waals surface area contributed by atoms with E-state index in [-0.39, 0.29) is 16.3 Å². The predicted molar refractivity (Wildman–Crippen MR) is 126 cm³/mol. The molecule has 0 spiro atoms.